The highest BCUT2D eigenvalue weighted by Gasteiger charge is 2.17. The molecule has 0 fully saturated rings. The SMILES string of the molecule is CC(C)(CO)CNc1cc(Cl)ccc1-n1cccn1. The molecule has 19 heavy (non-hydrogen) atoms. The van der Waals surface area contributed by atoms with E-state index in [9.17, 15) is 5.11 Å². The number of nitrogens with one attached hydrogen (secondary N) is 1. The molecule has 4 nitrogen and oxygen atoms in total. The van der Waals surface area contributed by atoms with E-state index in [1.165, 1.54) is 0 Å². The summed E-state index contributed by atoms with van der Waals surface area (Å²) in [6, 6.07) is 7.49. The molecule has 2 rings (SSSR count). The van der Waals surface area contributed by atoms with Gasteiger partial charge in [-0.3, -0.25) is 0 Å². The fraction of sp³-hybridized carbons (Fsp3) is 0.357. The second-order valence-corrected chi connectivity index (χ2v) is 5.72. The van der Waals surface area contributed by atoms with Gasteiger partial charge in [0.05, 0.1) is 11.4 Å². The summed E-state index contributed by atoms with van der Waals surface area (Å²) in [6.45, 7) is 4.77. The van der Waals surface area contributed by atoms with Gasteiger partial charge in [-0.1, -0.05) is 25.4 Å². The van der Waals surface area contributed by atoms with Crippen LogP contribution in [0, 0.1) is 5.41 Å². The Morgan fingerprint density at radius 3 is 2.84 bits per heavy atom. The Kier molecular flexibility index (Phi) is 4.12. The van der Waals surface area contributed by atoms with E-state index < -0.39 is 0 Å². The minimum Gasteiger partial charge on any atom is -0.396 e. The molecule has 2 aromatic rings. The predicted octanol–water partition coefficient (Wildman–Crippen LogP) is 2.96. The minimum atomic E-state index is -0.191. The van der Waals surface area contributed by atoms with Crippen molar-refractivity contribution in [2.24, 2.45) is 5.41 Å². The van der Waals surface area contributed by atoms with E-state index in [2.05, 4.69) is 10.4 Å². The summed E-state index contributed by atoms with van der Waals surface area (Å²) in [7, 11) is 0. The topological polar surface area (TPSA) is 50.1 Å². The van der Waals surface area contributed by atoms with Crippen molar-refractivity contribution >= 4 is 17.3 Å². The number of rotatable bonds is 5. The van der Waals surface area contributed by atoms with Gasteiger partial charge >= 0.3 is 0 Å². The Labute approximate surface area is 118 Å². The van der Waals surface area contributed by atoms with Crippen LogP contribution in [0.4, 0.5) is 5.69 Å². The van der Waals surface area contributed by atoms with Crippen molar-refractivity contribution in [1.29, 1.82) is 0 Å². The first-order valence-electron chi connectivity index (χ1n) is 6.16. The highest BCUT2D eigenvalue weighted by atomic mass is 35.5. The quantitative estimate of drug-likeness (QED) is 0.885. The fourth-order valence-corrected chi connectivity index (χ4v) is 1.82. The zero-order chi connectivity index (χ0) is 13.9. The Hall–Kier alpha value is -1.52. The van der Waals surface area contributed by atoms with Crippen LogP contribution in [-0.2, 0) is 0 Å². The van der Waals surface area contributed by atoms with E-state index in [-0.39, 0.29) is 12.0 Å². The van der Waals surface area contributed by atoms with Crippen LogP contribution in [0.25, 0.3) is 5.69 Å². The van der Waals surface area contributed by atoms with Crippen LogP contribution in [0.2, 0.25) is 5.02 Å². The van der Waals surface area contributed by atoms with Gasteiger partial charge in [-0.05, 0) is 24.3 Å². The van der Waals surface area contributed by atoms with Gasteiger partial charge in [-0.25, -0.2) is 4.68 Å². The first-order valence-corrected chi connectivity index (χ1v) is 6.54. The maximum Gasteiger partial charge on any atom is 0.0877 e. The summed E-state index contributed by atoms with van der Waals surface area (Å²) in [5, 5.41) is 17.5. The molecule has 1 aromatic heterocycles. The molecule has 2 N–H and O–H groups in total. The van der Waals surface area contributed by atoms with Crippen LogP contribution in [-0.4, -0.2) is 28.0 Å². The van der Waals surface area contributed by atoms with Crippen LogP contribution in [0.3, 0.4) is 0 Å². The maximum atomic E-state index is 9.30. The molecule has 0 aliphatic carbocycles. The zero-order valence-electron chi connectivity index (χ0n) is 11.1. The molecular formula is C14H18ClN3O. The van der Waals surface area contributed by atoms with Crippen LogP contribution < -0.4 is 5.32 Å². The summed E-state index contributed by atoms with van der Waals surface area (Å²) < 4.78 is 1.78. The largest absolute Gasteiger partial charge is 0.396 e. The second kappa shape index (κ2) is 5.63. The number of anilines is 1. The Morgan fingerprint density at radius 1 is 1.42 bits per heavy atom. The van der Waals surface area contributed by atoms with Crippen LogP contribution in [0.1, 0.15) is 13.8 Å². The second-order valence-electron chi connectivity index (χ2n) is 5.29. The monoisotopic (exact) mass is 279 g/mol. The van der Waals surface area contributed by atoms with E-state index in [0.29, 0.717) is 11.6 Å². The minimum absolute atomic E-state index is 0.123. The van der Waals surface area contributed by atoms with E-state index in [0.717, 1.165) is 11.4 Å². The molecule has 5 heteroatoms. The smallest absolute Gasteiger partial charge is 0.0877 e. The molecule has 1 aromatic carbocycles. The molecule has 0 spiro atoms. The molecular weight excluding hydrogens is 262 g/mol. The molecule has 0 radical (unpaired) electrons. The lowest BCUT2D eigenvalue weighted by atomic mass is 9.95. The summed E-state index contributed by atoms with van der Waals surface area (Å²) >= 11 is 6.04. The van der Waals surface area contributed by atoms with Crippen molar-refractivity contribution in [3.05, 3.63) is 41.7 Å². The standard InChI is InChI=1S/C14H18ClN3O/c1-14(2,10-19)9-16-12-8-11(15)4-5-13(12)18-7-3-6-17-18/h3-8,16,19H,9-10H2,1-2H3. The van der Waals surface area contributed by atoms with Crippen LogP contribution >= 0.6 is 11.6 Å². The molecule has 0 aliphatic heterocycles. The summed E-state index contributed by atoms with van der Waals surface area (Å²) in [5.74, 6) is 0. The third kappa shape index (κ3) is 3.49. The molecule has 0 saturated heterocycles. The molecule has 0 saturated carbocycles. The number of hydrogen-bond acceptors (Lipinski definition) is 3. The van der Waals surface area contributed by atoms with Crippen molar-refractivity contribution in [1.82, 2.24) is 9.78 Å². The van der Waals surface area contributed by atoms with Crippen molar-refractivity contribution in [2.75, 3.05) is 18.5 Å². The van der Waals surface area contributed by atoms with Gasteiger partial charge in [0.2, 0.25) is 0 Å². The third-order valence-corrected chi connectivity index (χ3v) is 3.13. The van der Waals surface area contributed by atoms with Gasteiger partial charge in [-0.2, -0.15) is 5.10 Å². The fourth-order valence-electron chi connectivity index (χ4n) is 1.65. The van der Waals surface area contributed by atoms with Gasteiger partial charge < -0.3 is 10.4 Å². The predicted molar refractivity (Wildman–Crippen MR) is 77.9 cm³/mol. The lowest BCUT2D eigenvalue weighted by Gasteiger charge is -2.23. The number of nitrogens with zero attached hydrogens (tertiary/aromatic N) is 2. The lowest BCUT2D eigenvalue weighted by Crippen LogP contribution is -2.27. The molecule has 1 heterocycles. The first-order chi connectivity index (χ1) is 9.02. The van der Waals surface area contributed by atoms with Crippen LogP contribution in [0.15, 0.2) is 36.7 Å². The van der Waals surface area contributed by atoms with Gasteiger partial charge in [0.25, 0.3) is 0 Å². The van der Waals surface area contributed by atoms with Gasteiger partial charge in [0, 0.05) is 36.0 Å². The number of benzene rings is 1. The summed E-state index contributed by atoms with van der Waals surface area (Å²) in [6.07, 6.45) is 3.61. The van der Waals surface area contributed by atoms with E-state index in [1.807, 2.05) is 44.3 Å². The number of aliphatic hydroxyl groups excluding tert-OH is 1. The maximum absolute atomic E-state index is 9.30. The lowest BCUT2D eigenvalue weighted by molar-refractivity contribution is 0.171. The average Bonchev–Trinajstić information content (AvgIpc) is 2.90. The Balaban J connectivity index is 2.26. The number of halogens is 1. The van der Waals surface area contributed by atoms with Crippen molar-refractivity contribution in [3.63, 3.8) is 0 Å². The normalized spacial score (nSPS) is 11.6. The van der Waals surface area contributed by atoms with Crippen molar-refractivity contribution < 1.29 is 5.11 Å². The molecule has 0 bridgehead atoms. The molecule has 0 amide bonds. The number of aliphatic hydroxyl groups is 1. The first kappa shape index (κ1) is 13.9. The molecule has 102 valence electrons. The van der Waals surface area contributed by atoms with Gasteiger partial charge in [0.15, 0.2) is 0 Å². The Bertz CT molecular complexity index is 538. The third-order valence-electron chi connectivity index (χ3n) is 2.90. The molecule has 0 atom stereocenters. The van der Waals surface area contributed by atoms with E-state index in [1.54, 1.807) is 10.9 Å². The summed E-state index contributed by atoms with van der Waals surface area (Å²) in [4.78, 5) is 0. The summed E-state index contributed by atoms with van der Waals surface area (Å²) in [5.41, 5.74) is 1.64. The highest BCUT2D eigenvalue weighted by molar-refractivity contribution is 6.31. The molecule has 0 aliphatic rings. The van der Waals surface area contributed by atoms with E-state index in [4.69, 9.17) is 11.6 Å². The highest BCUT2D eigenvalue weighted by Crippen LogP contribution is 2.25. The average molecular weight is 280 g/mol. The van der Waals surface area contributed by atoms with E-state index >= 15 is 0 Å². The van der Waals surface area contributed by atoms with Gasteiger partial charge in [0.1, 0.15) is 0 Å². The zero-order valence-corrected chi connectivity index (χ0v) is 11.9. The Morgan fingerprint density at radius 2 is 2.21 bits per heavy atom. The number of hydrogen-bond donors (Lipinski definition) is 2. The van der Waals surface area contributed by atoms with Crippen LogP contribution in [0.5, 0.6) is 0 Å². The van der Waals surface area contributed by atoms with Crippen molar-refractivity contribution in [3.8, 4) is 5.69 Å². The van der Waals surface area contributed by atoms with Crippen molar-refractivity contribution in [2.45, 2.75) is 13.8 Å². The molecule has 0 unspecified atom stereocenters. The number of aromatic nitrogens is 2. The van der Waals surface area contributed by atoms with Gasteiger partial charge in [-0.15, -0.1) is 0 Å².